The molecule has 0 atom stereocenters. The first-order valence-electron chi connectivity index (χ1n) is 7.48. The Morgan fingerprint density at radius 3 is 2.48 bits per heavy atom. The Labute approximate surface area is 160 Å². The summed E-state index contributed by atoms with van der Waals surface area (Å²) in [4.78, 5) is 17.1. The SMILES string of the molecule is CC(=C/c1ccccc1)/C=C1\SC(=Nc2cc(Cl)cc(Cl)c2)NC1=O. The average molecular weight is 389 g/mol. The number of nitrogens with one attached hydrogen (secondary N) is 1. The fraction of sp³-hybridized carbons (Fsp3) is 0.0526. The molecule has 1 fully saturated rings. The Bertz CT molecular complexity index is 885. The quantitative estimate of drug-likeness (QED) is 0.671. The van der Waals surface area contributed by atoms with Crippen molar-refractivity contribution in [3.05, 3.63) is 80.7 Å². The third-order valence-corrected chi connectivity index (χ3v) is 4.63. The monoisotopic (exact) mass is 388 g/mol. The van der Waals surface area contributed by atoms with Gasteiger partial charge in [-0.1, -0.05) is 59.6 Å². The van der Waals surface area contributed by atoms with Crippen LogP contribution in [0.2, 0.25) is 10.0 Å². The van der Waals surface area contributed by atoms with Gasteiger partial charge in [-0.15, -0.1) is 0 Å². The van der Waals surface area contributed by atoms with Gasteiger partial charge in [-0.3, -0.25) is 4.79 Å². The van der Waals surface area contributed by atoms with Crippen LogP contribution in [-0.4, -0.2) is 11.1 Å². The van der Waals surface area contributed by atoms with Crippen molar-refractivity contribution in [3.63, 3.8) is 0 Å². The highest BCUT2D eigenvalue weighted by molar-refractivity contribution is 8.18. The summed E-state index contributed by atoms with van der Waals surface area (Å²) in [6, 6.07) is 15.0. The number of thioether (sulfide) groups is 1. The van der Waals surface area contributed by atoms with Gasteiger partial charge in [0.05, 0.1) is 10.6 Å². The van der Waals surface area contributed by atoms with Gasteiger partial charge in [0.15, 0.2) is 5.17 Å². The Balaban J connectivity index is 1.80. The molecular formula is C19H14Cl2N2OS. The minimum absolute atomic E-state index is 0.169. The normalized spacial score (nSPS) is 18.0. The van der Waals surface area contributed by atoms with Crippen LogP contribution in [0.4, 0.5) is 5.69 Å². The van der Waals surface area contributed by atoms with Crippen LogP contribution in [0.25, 0.3) is 6.08 Å². The van der Waals surface area contributed by atoms with Crippen molar-refractivity contribution in [2.45, 2.75) is 6.92 Å². The molecule has 126 valence electrons. The second-order valence-electron chi connectivity index (χ2n) is 5.41. The molecule has 1 aliphatic rings. The van der Waals surface area contributed by atoms with E-state index >= 15 is 0 Å². The van der Waals surface area contributed by atoms with Crippen molar-refractivity contribution in [2.75, 3.05) is 0 Å². The largest absolute Gasteiger partial charge is 0.300 e. The Morgan fingerprint density at radius 1 is 1.12 bits per heavy atom. The van der Waals surface area contributed by atoms with E-state index in [2.05, 4.69) is 10.3 Å². The van der Waals surface area contributed by atoms with E-state index in [1.54, 1.807) is 18.2 Å². The smallest absolute Gasteiger partial charge is 0.264 e. The number of carbonyl (C=O) groups is 1. The molecule has 0 radical (unpaired) electrons. The zero-order valence-electron chi connectivity index (χ0n) is 13.3. The molecule has 25 heavy (non-hydrogen) atoms. The topological polar surface area (TPSA) is 41.5 Å². The van der Waals surface area contributed by atoms with Gasteiger partial charge in [-0.2, -0.15) is 0 Å². The molecule has 0 unspecified atom stereocenters. The lowest BCUT2D eigenvalue weighted by Crippen LogP contribution is -2.19. The van der Waals surface area contributed by atoms with Crippen molar-refractivity contribution in [1.29, 1.82) is 0 Å². The molecule has 3 rings (SSSR count). The molecule has 6 heteroatoms. The van der Waals surface area contributed by atoms with Crippen LogP contribution in [0.3, 0.4) is 0 Å². The molecule has 1 saturated heterocycles. The van der Waals surface area contributed by atoms with Gasteiger partial charge >= 0.3 is 0 Å². The molecule has 1 amide bonds. The Hall–Kier alpha value is -2.01. The van der Waals surface area contributed by atoms with Crippen molar-refractivity contribution in [3.8, 4) is 0 Å². The predicted molar refractivity (Wildman–Crippen MR) is 107 cm³/mol. The molecule has 0 bridgehead atoms. The number of hydrogen-bond donors (Lipinski definition) is 1. The first-order valence-corrected chi connectivity index (χ1v) is 9.06. The number of halogens is 2. The first-order chi connectivity index (χ1) is 12.0. The van der Waals surface area contributed by atoms with Crippen LogP contribution in [0.1, 0.15) is 12.5 Å². The third-order valence-electron chi connectivity index (χ3n) is 3.28. The second-order valence-corrected chi connectivity index (χ2v) is 7.31. The highest BCUT2D eigenvalue weighted by Crippen LogP contribution is 2.30. The summed E-state index contributed by atoms with van der Waals surface area (Å²) < 4.78 is 0. The first kappa shape index (κ1) is 17.8. The Kier molecular flexibility index (Phi) is 5.63. The number of aliphatic imine (C=N–C) groups is 1. The number of amides is 1. The maximum Gasteiger partial charge on any atom is 0.264 e. The molecule has 1 N–H and O–H groups in total. The maximum atomic E-state index is 12.1. The van der Waals surface area contributed by atoms with E-state index < -0.39 is 0 Å². The van der Waals surface area contributed by atoms with Gasteiger partial charge in [0.2, 0.25) is 0 Å². The van der Waals surface area contributed by atoms with E-state index in [4.69, 9.17) is 23.2 Å². The second kappa shape index (κ2) is 7.91. The summed E-state index contributed by atoms with van der Waals surface area (Å²) in [6.07, 6.45) is 3.87. The highest BCUT2D eigenvalue weighted by atomic mass is 35.5. The van der Waals surface area contributed by atoms with E-state index in [0.717, 1.165) is 11.1 Å². The number of benzene rings is 2. The van der Waals surface area contributed by atoms with Crippen molar-refractivity contribution < 1.29 is 4.79 Å². The van der Waals surface area contributed by atoms with E-state index in [1.807, 2.05) is 49.4 Å². The molecule has 0 saturated carbocycles. The fourth-order valence-electron chi connectivity index (χ4n) is 2.26. The zero-order chi connectivity index (χ0) is 17.8. The van der Waals surface area contributed by atoms with Crippen LogP contribution >= 0.6 is 35.0 Å². The van der Waals surface area contributed by atoms with Crippen molar-refractivity contribution >= 4 is 57.8 Å². The lowest BCUT2D eigenvalue weighted by molar-refractivity contribution is -0.115. The predicted octanol–water partition coefficient (Wildman–Crippen LogP) is 5.83. The summed E-state index contributed by atoms with van der Waals surface area (Å²) in [5.74, 6) is -0.169. The molecule has 1 aliphatic heterocycles. The van der Waals surface area contributed by atoms with Gasteiger partial charge in [0.25, 0.3) is 5.91 Å². The number of carbonyl (C=O) groups excluding carboxylic acids is 1. The van der Waals surface area contributed by atoms with E-state index in [9.17, 15) is 4.79 Å². The van der Waals surface area contributed by atoms with Crippen molar-refractivity contribution in [1.82, 2.24) is 5.32 Å². The lowest BCUT2D eigenvalue weighted by atomic mass is 10.1. The minimum Gasteiger partial charge on any atom is -0.300 e. The standard InChI is InChI=1S/C19H14Cl2N2OS/c1-12(7-13-5-3-2-4-6-13)8-17-18(24)23-19(25-17)22-16-10-14(20)9-15(21)11-16/h2-11H,1H3,(H,22,23,24)/b12-7-,17-8-. The number of nitrogens with zero attached hydrogens (tertiary/aromatic N) is 1. The molecule has 1 heterocycles. The fourth-order valence-corrected chi connectivity index (χ4v) is 3.67. The summed E-state index contributed by atoms with van der Waals surface area (Å²) in [6.45, 7) is 1.96. The van der Waals surface area contributed by atoms with Crippen LogP contribution < -0.4 is 5.32 Å². The van der Waals surface area contributed by atoms with Crippen LogP contribution in [0, 0.1) is 0 Å². The lowest BCUT2D eigenvalue weighted by Gasteiger charge is -1.98. The molecule has 0 aliphatic carbocycles. The molecular weight excluding hydrogens is 375 g/mol. The van der Waals surface area contributed by atoms with Crippen LogP contribution in [0.15, 0.2) is 70.1 Å². The summed E-state index contributed by atoms with van der Waals surface area (Å²) >= 11 is 13.2. The maximum absolute atomic E-state index is 12.1. The number of hydrogen-bond acceptors (Lipinski definition) is 3. The molecule has 3 nitrogen and oxygen atoms in total. The average Bonchev–Trinajstić information content (AvgIpc) is 2.86. The molecule has 0 aromatic heterocycles. The summed E-state index contributed by atoms with van der Waals surface area (Å²) in [5, 5.41) is 4.25. The van der Waals surface area contributed by atoms with Crippen LogP contribution in [-0.2, 0) is 4.79 Å². The van der Waals surface area contributed by atoms with Gasteiger partial charge in [-0.25, -0.2) is 4.99 Å². The molecule has 0 spiro atoms. The van der Waals surface area contributed by atoms with Gasteiger partial charge < -0.3 is 5.32 Å². The van der Waals surface area contributed by atoms with E-state index in [0.29, 0.717) is 25.8 Å². The Morgan fingerprint density at radius 2 is 1.80 bits per heavy atom. The van der Waals surface area contributed by atoms with Crippen LogP contribution in [0.5, 0.6) is 0 Å². The number of rotatable bonds is 3. The third kappa shape index (κ3) is 4.98. The van der Waals surface area contributed by atoms with Gasteiger partial charge in [0, 0.05) is 10.0 Å². The van der Waals surface area contributed by atoms with E-state index in [1.165, 1.54) is 11.8 Å². The van der Waals surface area contributed by atoms with Crippen molar-refractivity contribution in [2.24, 2.45) is 4.99 Å². The molecule has 2 aromatic carbocycles. The molecule has 2 aromatic rings. The zero-order valence-corrected chi connectivity index (χ0v) is 15.6. The van der Waals surface area contributed by atoms with Gasteiger partial charge in [0.1, 0.15) is 0 Å². The van der Waals surface area contributed by atoms with E-state index in [-0.39, 0.29) is 5.91 Å². The number of allylic oxidation sites excluding steroid dienone is 2. The highest BCUT2D eigenvalue weighted by Gasteiger charge is 2.23. The number of amidine groups is 1. The van der Waals surface area contributed by atoms with Gasteiger partial charge in [-0.05, 0) is 54.1 Å². The summed E-state index contributed by atoms with van der Waals surface area (Å²) in [5.41, 5.74) is 2.66. The minimum atomic E-state index is -0.169. The summed E-state index contributed by atoms with van der Waals surface area (Å²) in [7, 11) is 0.